The highest BCUT2D eigenvalue weighted by molar-refractivity contribution is 7.13. The molecule has 1 heterocycles. The molecule has 3 heteroatoms. The van der Waals surface area contributed by atoms with Crippen molar-refractivity contribution in [3.8, 4) is 0 Å². The maximum absolute atomic E-state index is 4.47. The van der Waals surface area contributed by atoms with Crippen LogP contribution in [-0.2, 0) is 6.42 Å². The van der Waals surface area contributed by atoms with Gasteiger partial charge in [-0.2, -0.15) is 0 Å². The lowest BCUT2D eigenvalue weighted by Crippen LogP contribution is -2.16. The second-order valence-electron chi connectivity index (χ2n) is 4.10. The number of rotatable bonds is 5. The van der Waals surface area contributed by atoms with Gasteiger partial charge in [-0.1, -0.05) is 27.7 Å². The predicted molar refractivity (Wildman–Crippen MR) is 64.0 cm³/mol. The van der Waals surface area contributed by atoms with Crippen molar-refractivity contribution in [3.63, 3.8) is 0 Å². The molecule has 0 amide bonds. The van der Waals surface area contributed by atoms with E-state index in [0.717, 1.165) is 24.0 Å². The van der Waals surface area contributed by atoms with Gasteiger partial charge in [0.05, 0.1) is 5.69 Å². The minimum Gasteiger partial charge on any atom is -0.361 e. The third-order valence-electron chi connectivity index (χ3n) is 2.63. The van der Waals surface area contributed by atoms with E-state index in [-0.39, 0.29) is 0 Å². The van der Waals surface area contributed by atoms with E-state index in [4.69, 9.17) is 0 Å². The zero-order valence-electron chi connectivity index (χ0n) is 9.50. The summed E-state index contributed by atoms with van der Waals surface area (Å²) in [7, 11) is 0. The van der Waals surface area contributed by atoms with Gasteiger partial charge in [0.2, 0.25) is 0 Å². The molecular formula is C11H20N2S. The van der Waals surface area contributed by atoms with Gasteiger partial charge in [0.25, 0.3) is 0 Å². The summed E-state index contributed by atoms with van der Waals surface area (Å²) in [5.41, 5.74) is 1.19. The first-order chi connectivity index (χ1) is 6.63. The lowest BCUT2D eigenvalue weighted by molar-refractivity contribution is 0.439. The Morgan fingerprint density at radius 2 is 2.14 bits per heavy atom. The lowest BCUT2D eigenvalue weighted by atomic mass is 9.98. The Morgan fingerprint density at radius 3 is 2.64 bits per heavy atom. The second-order valence-corrected chi connectivity index (χ2v) is 4.96. The summed E-state index contributed by atoms with van der Waals surface area (Å²) >= 11 is 1.71. The molecule has 0 spiro atoms. The number of aromatic nitrogens is 1. The summed E-state index contributed by atoms with van der Waals surface area (Å²) in [4.78, 5) is 4.47. The fourth-order valence-electron chi connectivity index (χ4n) is 1.03. The Morgan fingerprint density at radius 1 is 1.43 bits per heavy atom. The lowest BCUT2D eigenvalue weighted by Gasteiger charge is -2.15. The molecule has 1 unspecified atom stereocenters. The van der Waals surface area contributed by atoms with Crippen molar-refractivity contribution in [2.24, 2.45) is 11.8 Å². The van der Waals surface area contributed by atoms with Crippen molar-refractivity contribution in [2.75, 3.05) is 11.9 Å². The van der Waals surface area contributed by atoms with Crippen molar-refractivity contribution in [2.45, 2.75) is 34.1 Å². The van der Waals surface area contributed by atoms with Gasteiger partial charge >= 0.3 is 0 Å². The van der Waals surface area contributed by atoms with Crippen molar-refractivity contribution >= 4 is 16.5 Å². The summed E-state index contributed by atoms with van der Waals surface area (Å²) < 4.78 is 0. The van der Waals surface area contributed by atoms with Crippen LogP contribution in [0.2, 0.25) is 0 Å². The maximum atomic E-state index is 4.47. The molecule has 14 heavy (non-hydrogen) atoms. The first-order valence-corrected chi connectivity index (χ1v) is 6.19. The van der Waals surface area contributed by atoms with Gasteiger partial charge in [0.1, 0.15) is 0 Å². The minimum atomic E-state index is 0.698. The van der Waals surface area contributed by atoms with Gasteiger partial charge in [-0.05, 0) is 18.3 Å². The van der Waals surface area contributed by atoms with Crippen LogP contribution in [0.4, 0.5) is 5.13 Å². The Hall–Kier alpha value is -0.570. The largest absolute Gasteiger partial charge is 0.361 e. The van der Waals surface area contributed by atoms with E-state index in [1.165, 1.54) is 5.69 Å². The van der Waals surface area contributed by atoms with Gasteiger partial charge in [-0.3, -0.25) is 0 Å². The normalized spacial score (nSPS) is 13.2. The van der Waals surface area contributed by atoms with Crippen LogP contribution in [0, 0.1) is 11.8 Å². The molecule has 1 rings (SSSR count). The molecule has 0 bridgehead atoms. The number of nitrogens with zero attached hydrogens (tertiary/aromatic N) is 1. The molecule has 0 fully saturated rings. The third-order valence-corrected chi connectivity index (χ3v) is 3.48. The van der Waals surface area contributed by atoms with E-state index in [1.807, 2.05) is 0 Å². The molecule has 0 aliphatic rings. The van der Waals surface area contributed by atoms with Crippen LogP contribution in [0.5, 0.6) is 0 Å². The molecule has 0 aliphatic heterocycles. The molecule has 0 aromatic carbocycles. The van der Waals surface area contributed by atoms with Crippen LogP contribution in [0.15, 0.2) is 5.38 Å². The van der Waals surface area contributed by atoms with Crippen LogP contribution >= 0.6 is 11.3 Å². The SMILES string of the molecule is CCc1csc(NCC(C)C(C)C)n1. The Balaban J connectivity index is 2.37. The molecule has 1 aromatic heterocycles. The van der Waals surface area contributed by atoms with E-state index in [2.05, 4.69) is 43.4 Å². The van der Waals surface area contributed by atoms with Crippen LogP contribution in [0.25, 0.3) is 0 Å². The molecule has 0 saturated carbocycles. The van der Waals surface area contributed by atoms with E-state index in [1.54, 1.807) is 11.3 Å². The second kappa shape index (κ2) is 5.35. The molecule has 0 aliphatic carbocycles. The van der Waals surface area contributed by atoms with Crippen LogP contribution in [0.3, 0.4) is 0 Å². The fraction of sp³-hybridized carbons (Fsp3) is 0.727. The zero-order chi connectivity index (χ0) is 10.6. The zero-order valence-corrected chi connectivity index (χ0v) is 10.3. The molecule has 0 radical (unpaired) electrons. The minimum absolute atomic E-state index is 0.698. The van der Waals surface area contributed by atoms with E-state index in [9.17, 15) is 0 Å². The number of thiazole rings is 1. The average molecular weight is 212 g/mol. The Kier molecular flexibility index (Phi) is 4.39. The van der Waals surface area contributed by atoms with Crippen LogP contribution in [-0.4, -0.2) is 11.5 Å². The average Bonchev–Trinajstić information content (AvgIpc) is 2.61. The van der Waals surface area contributed by atoms with E-state index in [0.29, 0.717) is 5.92 Å². The highest BCUT2D eigenvalue weighted by Crippen LogP contribution is 2.17. The summed E-state index contributed by atoms with van der Waals surface area (Å²) in [5.74, 6) is 1.43. The standard InChI is InChI=1S/C11H20N2S/c1-5-10-7-14-11(13-10)12-6-9(4)8(2)3/h7-9H,5-6H2,1-4H3,(H,12,13). The molecule has 2 nitrogen and oxygen atoms in total. The fourth-order valence-corrected chi connectivity index (χ4v) is 1.84. The van der Waals surface area contributed by atoms with Gasteiger partial charge in [0, 0.05) is 11.9 Å². The topological polar surface area (TPSA) is 24.9 Å². The van der Waals surface area contributed by atoms with Crippen molar-refractivity contribution < 1.29 is 0 Å². The first kappa shape index (κ1) is 11.5. The highest BCUT2D eigenvalue weighted by Gasteiger charge is 2.07. The van der Waals surface area contributed by atoms with Crippen molar-refractivity contribution in [1.29, 1.82) is 0 Å². The summed E-state index contributed by atoms with van der Waals surface area (Å²) in [5, 5.41) is 6.58. The van der Waals surface area contributed by atoms with Crippen molar-refractivity contribution in [1.82, 2.24) is 4.98 Å². The molecule has 80 valence electrons. The first-order valence-electron chi connectivity index (χ1n) is 5.31. The number of nitrogens with one attached hydrogen (secondary N) is 1. The summed E-state index contributed by atoms with van der Waals surface area (Å²) in [6.45, 7) is 9.94. The molecule has 1 N–H and O–H groups in total. The molecular weight excluding hydrogens is 192 g/mol. The van der Waals surface area contributed by atoms with Crippen LogP contribution < -0.4 is 5.32 Å². The monoisotopic (exact) mass is 212 g/mol. The van der Waals surface area contributed by atoms with E-state index < -0.39 is 0 Å². The summed E-state index contributed by atoms with van der Waals surface area (Å²) in [6.07, 6.45) is 1.03. The van der Waals surface area contributed by atoms with Gasteiger partial charge in [-0.25, -0.2) is 4.98 Å². The molecule has 1 atom stereocenters. The predicted octanol–water partition coefficient (Wildman–Crippen LogP) is 3.41. The number of hydrogen-bond acceptors (Lipinski definition) is 3. The Labute approximate surface area is 90.8 Å². The molecule has 0 saturated heterocycles. The quantitative estimate of drug-likeness (QED) is 0.809. The number of aryl methyl sites for hydroxylation is 1. The van der Waals surface area contributed by atoms with Gasteiger partial charge in [-0.15, -0.1) is 11.3 Å². The van der Waals surface area contributed by atoms with Crippen LogP contribution in [0.1, 0.15) is 33.4 Å². The smallest absolute Gasteiger partial charge is 0.182 e. The maximum Gasteiger partial charge on any atom is 0.182 e. The third kappa shape index (κ3) is 3.29. The number of anilines is 1. The van der Waals surface area contributed by atoms with Gasteiger partial charge in [0.15, 0.2) is 5.13 Å². The number of hydrogen-bond donors (Lipinski definition) is 1. The Bertz CT molecular complexity index is 268. The van der Waals surface area contributed by atoms with Gasteiger partial charge < -0.3 is 5.32 Å². The highest BCUT2D eigenvalue weighted by atomic mass is 32.1. The summed E-state index contributed by atoms with van der Waals surface area (Å²) in [6, 6.07) is 0. The molecule has 1 aromatic rings. The van der Waals surface area contributed by atoms with E-state index >= 15 is 0 Å². The van der Waals surface area contributed by atoms with Crippen molar-refractivity contribution in [3.05, 3.63) is 11.1 Å².